The van der Waals surface area contributed by atoms with Crippen LogP contribution in [0.5, 0.6) is 0 Å². The molecule has 2 aromatic rings. The molecule has 0 aliphatic carbocycles. The maximum absolute atomic E-state index is 4.61. The number of aryl methyl sites for hydroxylation is 2. The first-order valence-corrected chi connectivity index (χ1v) is 12.2. The van der Waals surface area contributed by atoms with Crippen LogP contribution < -0.4 is 0 Å². The highest BCUT2D eigenvalue weighted by Gasteiger charge is 2.19. The van der Waals surface area contributed by atoms with E-state index in [-0.39, 0.29) is 0 Å². The van der Waals surface area contributed by atoms with Crippen LogP contribution in [0.1, 0.15) is 64.0 Å². The predicted molar refractivity (Wildman–Crippen MR) is 122 cm³/mol. The molecule has 6 heteroatoms. The fraction of sp³-hybridized carbons (Fsp3) is 0.750. The summed E-state index contributed by atoms with van der Waals surface area (Å²) in [5, 5.41) is 9.21. The molecule has 2 saturated heterocycles. The lowest BCUT2D eigenvalue weighted by Crippen LogP contribution is -2.35. The van der Waals surface area contributed by atoms with Gasteiger partial charge < -0.3 is 9.80 Å². The van der Waals surface area contributed by atoms with Gasteiger partial charge in [-0.25, -0.2) is 4.68 Å². The first kappa shape index (κ1) is 21.6. The van der Waals surface area contributed by atoms with Crippen LogP contribution in [0.4, 0.5) is 0 Å². The molecule has 4 heterocycles. The van der Waals surface area contributed by atoms with Crippen LogP contribution in [0.15, 0.2) is 24.5 Å². The van der Waals surface area contributed by atoms with Gasteiger partial charge in [-0.1, -0.05) is 13.8 Å². The lowest BCUT2D eigenvalue weighted by Gasteiger charge is -2.30. The Morgan fingerprint density at radius 2 is 1.30 bits per heavy atom. The molecule has 166 valence electrons. The van der Waals surface area contributed by atoms with E-state index in [4.69, 9.17) is 0 Å². The van der Waals surface area contributed by atoms with Crippen LogP contribution in [-0.2, 0) is 12.8 Å². The monoisotopic (exact) mass is 412 g/mol. The van der Waals surface area contributed by atoms with Gasteiger partial charge in [0.2, 0.25) is 0 Å². The van der Waals surface area contributed by atoms with Gasteiger partial charge in [0.1, 0.15) is 0 Å². The van der Waals surface area contributed by atoms with Gasteiger partial charge in [-0.3, -0.25) is 4.68 Å². The molecule has 0 aromatic carbocycles. The Balaban J connectivity index is 1.34. The Kier molecular flexibility index (Phi) is 7.61. The molecule has 0 amide bonds. The zero-order chi connectivity index (χ0) is 20.8. The van der Waals surface area contributed by atoms with Crippen molar-refractivity contribution in [1.82, 2.24) is 29.3 Å². The van der Waals surface area contributed by atoms with E-state index in [0.717, 1.165) is 49.2 Å². The summed E-state index contributed by atoms with van der Waals surface area (Å²) in [6.45, 7) is 12.1. The zero-order valence-corrected chi connectivity index (χ0v) is 19.0. The van der Waals surface area contributed by atoms with Gasteiger partial charge in [0.15, 0.2) is 11.6 Å². The summed E-state index contributed by atoms with van der Waals surface area (Å²) >= 11 is 0. The average Bonchev–Trinajstić information content (AvgIpc) is 3.38. The van der Waals surface area contributed by atoms with Crippen molar-refractivity contribution in [1.29, 1.82) is 0 Å². The van der Waals surface area contributed by atoms with Crippen molar-refractivity contribution in [3.05, 3.63) is 36.2 Å². The van der Waals surface area contributed by atoms with Gasteiger partial charge in [0.25, 0.3) is 0 Å². The maximum Gasteiger partial charge on any atom is 0.153 e. The number of hydrogen-bond acceptors (Lipinski definition) is 4. The molecule has 0 spiro atoms. The lowest BCUT2D eigenvalue weighted by atomic mass is 10.00. The van der Waals surface area contributed by atoms with Crippen molar-refractivity contribution in [2.75, 3.05) is 39.3 Å². The number of likely N-dealkylation sites (tertiary alicyclic amines) is 2. The summed E-state index contributed by atoms with van der Waals surface area (Å²) < 4.78 is 4.40. The van der Waals surface area contributed by atoms with Gasteiger partial charge in [-0.15, -0.1) is 10.2 Å². The van der Waals surface area contributed by atoms with Crippen molar-refractivity contribution >= 4 is 0 Å². The molecule has 2 aliphatic heterocycles. The first-order valence-electron chi connectivity index (χ1n) is 12.2. The summed E-state index contributed by atoms with van der Waals surface area (Å²) in [7, 11) is 0. The normalized spacial score (nSPS) is 23.8. The molecule has 0 bridgehead atoms. The Morgan fingerprint density at radius 3 is 1.77 bits per heavy atom. The van der Waals surface area contributed by atoms with Gasteiger partial charge in [-0.05, 0) is 88.7 Å². The largest absolute Gasteiger partial charge is 0.303 e. The molecule has 2 aliphatic rings. The first-order chi connectivity index (χ1) is 14.7. The number of hydrogen-bond donors (Lipinski definition) is 0. The van der Waals surface area contributed by atoms with E-state index in [2.05, 4.69) is 67.7 Å². The number of piperidine rings is 2. The standard InChI is InChI=1S/C24H40N6/c1-21-9-5-13-27(19-21)15-7-11-23-25-26-24(30(23)29-17-3-4-18-29)12-8-16-28-14-6-10-22(2)20-28/h3-4,17-18,21-22H,5-16,19-20H2,1-2H3/t21-,22+. The summed E-state index contributed by atoms with van der Waals surface area (Å²) in [5.41, 5.74) is 0. The Bertz CT molecular complexity index is 706. The molecule has 2 fully saturated rings. The minimum Gasteiger partial charge on any atom is -0.303 e. The average molecular weight is 413 g/mol. The molecule has 6 nitrogen and oxygen atoms in total. The van der Waals surface area contributed by atoms with Crippen LogP contribution in [0.3, 0.4) is 0 Å². The minimum atomic E-state index is 0.844. The third kappa shape index (κ3) is 5.73. The zero-order valence-electron chi connectivity index (χ0n) is 19.0. The maximum atomic E-state index is 4.61. The molecule has 0 saturated carbocycles. The van der Waals surface area contributed by atoms with Gasteiger partial charge >= 0.3 is 0 Å². The molecule has 0 radical (unpaired) electrons. The van der Waals surface area contributed by atoms with E-state index in [9.17, 15) is 0 Å². The van der Waals surface area contributed by atoms with Crippen molar-refractivity contribution in [2.24, 2.45) is 11.8 Å². The Hall–Kier alpha value is -1.66. The van der Waals surface area contributed by atoms with Crippen molar-refractivity contribution in [3.63, 3.8) is 0 Å². The van der Waals surface area contributed by atoms with E-state index < -0.39 is 0 Å². The predicted octanol–water partition coefficient (Wildman–Crippen LogP) is 3.72. The van der Waals surface area contributed by atoms with Gasteiger partial charge in [0.05, 0.1) is 0 Å². The van der Waals surface area contributed by atoms with Crippen LogP contribution in [0.25, 0.3) is 0 Å². The second-order valence-corrected chi connectivity index (χ2v) is 9.71. The fourth-order valence-corrected chi connectivity index (χ4v) is 5.29. The Morgan fingerprint density at radius 1 is 0.800 bits per heavy atom. The molecule has 2 atom stereocenters. The lowest BCUT2D eigenvalue weighted by molar-refractivity contribution is 0.181. The smallest absolute Gasteiger partial charge is 0.153 e. The van der Waals surface area contributed by atoms with Gasteiger partial charge in [0, 0.05) is 38.3 Å². The second kappa shape index (κ2) is 10.6. The molecular weight excluding hydrogens is 372 g/mol. The molecule has 0 N–H and O–H groups in total. The SMILES string of the molecule is C[C@@H]1CCCN(CCCc2nnc(CCCN3CCC[C@H](C)C3)n2-n2cccc2)C1. The van der Waals surface area contributed by atoms with Gasteiger partial charge in [-0.2, -0.15) is 0 Å². The molecule has 30 heavy (non-hydrogen) atoms. The van der Waals surface area contributed by atoms with Crippen molar-refractivity contribution in [3.8, 4) is 0 Å². The number of nitrogens with zero attached hydrogens (tertiary/aromatic N) is 6. The van der Waals surface area contributed by atoms with E-state index in [0.29, 0.717) is 0 Å². The summed E-state index contributed by atoms with van der Waals surface area (Å²) in [6, 6.07) is 4.16. The molecular formula is C24H40N6. The van der Waals surface area contributed by atoms with E-state index in [1.807, 2.05) is 0 Å². The van der Waals surface area contributed by atoms with Crippen LogP contribution in [0.2, 0.25) is 0 Å². The molecule has 0 unspecified atom stereocenters. The molecule has 2 aromatic heterocycles. The summed E-state index contributed by atoms with van der Waals surface area (Å²) in [5.74, 6) is 3.88. The highest BCUT2D eigenvalue weighted by atomic mass is 15.5. The van der Waals surface area contributed by atoms with E-state index in [1.165, 1.54) is 65.0 Å². The molecule has 4 rings (SSSR count). The minimum absolute atomic E-state index is 0.844. The quantitative estimate of drug-likeness (QED) is 0.629. The fourth-order valence-electron chi connectivity index (χ4n) is 5.29. The van der Waals surface area contributed by atoms with Crippen LogP contribution in [0, 0.1) is 11.8 Å². The Labute approximate surface area is 182 Å². The third-order valence-electron chi connectivity index (χ3n) is 6.82. The topological polar surface area (TPSA) is 42.1 Å². The summed E-state index contributed by atoms with van der Waals surface area (Å²) in [6.07, 6.45) is 14.0. The van der Waals surface area contributed by atoms with E-state index >= 15 is 0 Å². The second-order valence-electron chi connectivity index (χ2n) is 9.71. The van der Waals surface area contributed by atoms with Crippen molar-refractivity contribution < 1.29 is 0 Å². The number of rotatable bonds is 9. The highest BCUT2D eigenvalue weighted by Crippen LogP contribution is 2.18. The van der Waals surface area contributed by atoms with Crippen LogP contribution >= 0.6 is 0 Å². The van der Waals surface area contributed by atoms with Crippen molar-refractivity contribution in [2.45, 2.75) is 65.2 Å². The van der Waals surface area contributed by atoms with Crippen LogP contribution in [-0.4, -0.2) is 68.6 Å². The third-order valence-corrected chi connectivity index (χ3v) is 6.82. The summed E-state index contributed by atoms with van der Waals surface area (Å²) in [4.78, 5) is 5.26. The number of aromatic nitrogens is 4. The van der Waals surface area contributed by atoms with E-state index in [1.54, 1.807) is 0 Å². The highest BCUT2D eigenvalue weighted by molar-refractivity contribution is 5.02.